The molecule has 0 aliphatic heterocycles. The van der Waals surface area contributed by atoms with Gasteiger partial charge in [0.05, 0.1) is 11.1 Å². The maximum atomic E-state index is 11.1. The van der Waals surface area contributed by atoms with Crippen LogP contribution in [0.1, 0.15) is 41.6 Å². The van der Waals surface area contributed by atoms with Gasteiger partial charge in [-0.05, 0) is 61.1 Å². The van der Waals surface area contributed by atoms with E-state index >= 15 is 0 Å². The van der Waals surface area contributed by atoms with E-state index < -0.39 is 5.97 Å². The van der Waals surface area contributed by atoms with Crippen molar-refractivity contribution in [1.29, 1.82) is 0 Å². The standard InChI is InChI=1S/C16H15NO2/c18-16(19)12-6-7-15-14(10-12)13(8-9-17-15)11-4-2-1-3-5-11/h4,6-10H,1-3,5H2,(H,18,19). The fourth-order valence-corrected chi connectivity index (χ4v) is 2.64. The SMILES string of the molecule is O=C(O)c1ccc2nccc(C3=CCCCC3)c2c1. The van der Waals surface area contributed by atoms with Gasteiger partial charge in [-0.3, -0.25) is 4.98 Å². The van der Waals surface area contributed by atoms with Crippen LogP contribution >= 0.6 is 0 Å². The fraction of sp³-hybridized carbons (Fsp3) is 0.250. The first kappa shape index (κ1) is 11.9. The Labute approximate surface area is 111 Å². The summed E-state index contributed by atoms with van der Waals surface area (Å²) in [6.45, 7) is 0. The van der Waals surface area contributed by atoms with E-state index in [1.165, 1.54) is 18.4 Å². The van der Waals surface area contributed by atoms with Gasteiger partial charge in [-0.2, -0.15) is 0 Å². The number of benzene rings is 1. The Morgan fingerprint density at radius 2 is 2.11 bits per heavy atom. The highest BCUT2D eigenvalue weighted by Gasteiger charge is 2.12. The molecule has 0 unspecified atom stereocenters. The summed E-state index contributed by atoms with van der Waals surface area (Å²) in [4.78, 5) is 15.4. The molecule has 1 aliphatic rings. The fourth-order valence-electron chi connectivity index (χ4n) is 2.64. The Morgan fingerprint density at radius 3 is 2.84 bits per heavy atom. The molecule has 1 aromatic carbocycles. The number of carbonyl (C=O) groups is 1. The topological polar surface area (TPSA) is 50.2 Å². The molecule has 96 valence electrons. The van der Waals surface area contributed by atoms with Crippen LogP contribution < -0.4 is 0 Å². The van der Waals surface area contributed by atoms with Crippen LogP contribution in [0.4, 0.5) is 0 Å². The molecular weight excluding hydrogens is 238 g/mol. The molecule has 0 spiro atoms. The Balaban J connectivity index is 2.20. The lowest BCUT2D eigenvalue weighted by Gasteiger charge is -2.15. The third-order valence-electron chi connectivity index (χ3n) is 3.63. The number of allylic oxidation sites excluding steroid dienone is 2. The molecule has 2 aromatic rings. The average Bonchev–Trinajstić information content (AvgIpc) is 2.47. The summed E-state index contributed by atoms with van der Waals surface area (Å²) in [5.41, 5.74) is 3.63. The van der Waals surface area contributed by atoms with Gasteiger partial charge in [-0.25, -0.2) is 4.79 Å². The van der Waals surface area contributed by atoms with Crippen molar-refractivity contribution < 1.29 is 9.90 Å². The lowest BCUT2D eigenvalue weighted by atomic mass is 9.91. The molecule has 1 aliphatic carbocycles. The molecule has 0 atom stereocenters. The van der Waals surface area contributed by atoms with Crippen LogP contribution in [0, 0.1) is 0 Å². The van der Waals surface area contributed by atoms with Crippen molar-refractivity contribution in [3.8, 4) is 0 Å². The van der Waals surface area contributed by atoms with Gasteiger partial charge in [0.1, 0.15) is 0 Å². The summed E-state index contributed by atoms with van der Waals surface area (Å²) in [6.07, 6.45) is 8.69. The van der Waals surface area contributed by atoms with Crippen molar-refractivity contribution >= 4 is 22.4 Å². The van der Waals surface area contributed by atoms with Crippen LogP contribution in [-0.4, -0.2) is 16.1 Å². The smallest absolute Gasteiger partial charge is 0.335 e. The van der Waals surface area contributed by atoms with Crippen molar-refractivity contribution in [1.82, 2.24) is 4.98 Å². The van der Waals surface area contributed by atoms with Crippen LogP contribution in [0.3, 0.4) is 0 Å². The minimum Gasteiger partial charge on any atom is -0.478 e. The zero-order chi connectivity index (χ0) is 13.2. The summed E-state index contributed by atoms with van der Waals surface area (Å²) in [5.74, 6) is -0.894. The molecule has 0 fully saturated rings. The van der Waals surface area contributed by atoms with E-state index in [9.17, 15) is 4.79 Å². The average molecular weight is 253 g/mol. The van der Waals surface area contributed by atoms with Crippen LogP contribution in [0.5, 0.6) is 0 Å². The number of nitrogens with zero attached hydrogens (tertiary/aromatic N) is 1. The predicted molar refractivity (Wildman–Crippen MR) is 75.1 cm³/mol. The largest absolute Gasteiger partial charge is 0.478 e. The molecule has 19 heavy (non-hydrogen) atoms. The molecule has 3 rings (SSSR count). The van der Waals surface area contributed by atoms with Crippen molar-refractivity contribution in [3.63, 3.8) is 0 Å². The van der Waals surface area contributed by atoms with Gasteiger partial charge in [0, 0.05) is 11.6 Å². The first-order valence-electron chi connectivity index (χ1n) is 6.57. The molecule has 0 bridgehead atoms. The number of carboxylic acid groups (broad SMARTS) is 1. The highest BCUT2D eigenvalue weighted by molar-refractivity contribution is 5.97. The molecule has 0 saturated carbocycles. The Bertz CT molecular complexity index is 674. The lowest BCUT2D eigenvalue weighted by molar-refractivity contribution is 0.0697. The molecule has 0 radical (unpaired) electrons. The van der Waals surface area contributed by atoms with Gasteiger partial charge in [-0.1, -0.05) is 6.08 Å². The summed E-state index contributed by atoms with van der Waals surface area (Å²) in [6, 6.07) is 7.11. The molecule has 1 aromatic heterocycles. The zero-order valence-corrected chi connectivity index (χ0v) is 10.6. The number of pyridine rings is 1. The van der Waals surface area contributed by atoms with Gasteiger partial charge in [0.25, 0.3) is 0 Å². The number of hydrogen-bond acceptors (Lipinski definition) is 2. The second kappa shape index (κ2) is 4.84. The van der Waals surface area contributed by atoms with E-state index in [0.717, 1.165) is 29.3 Å². The predicted octanol–water partition coefficient (Wildman–Crippen LogP) is 3.89. The van der Waals surface area contributed by atoms with Crippen molar-refractivity contribution in [2.24, 2.45) is 0 Å². The third-order valence-corrected chi connectivity index (χ3v) is 3.63. The number of hydrogen-bond donors (Lipinski definition) is 1. The van der Waals surface area contributed by atoms with E-state index in [1.807, 2.05) is 6.07 Å². The third kappa shape index (κ3) is 2.24. The molecule has 3 nitrogen and oxygen atoms in total. The van der Waals surface area contributed by atoms with Crippen LogP contribution in [0.15, 0.2) is 36.5 Å². The van der Waals surface area contributed by atoms with E-state index in [1.54, 1.807) is 24.4 Å². The van der Waals surface area contributed by atoms with E-state index in [0.29, 0.717) is 5.56 Å². The molecule has 1 heterocycles. The maximum Gasteiger partial charge on any atom is 0.335 e. The van der Waals surface area contributed by atoms with E-state index in [2.05, 4.69) is 11.1 Å². The van der Waals surface area contributed by atoms with E-state index in [-0.39, 0.29) is 0 Å². The van der Waals surface area contributed by atoms with Gasteiger partial charge < -0.3 is 5.11 Å². The van der Waals surface area contributed by atoms with E-state index in [4.69, 9.17) is 5.11 Å². The normalized spacial score (nSPS) is 15.3. The number of aromatic carboxylic acids is 1. The monoisotopic (exact) mass is 253 g/mol. The Kier molecular flexibility index (Phi) is 3.03. The lowest BCUT2D eigenvalue weighted by Crippen LogP contribution is -1.98. The molecule has 0 amide bonds. The first-order chi connectivity index (χ1) is 9.25. The van der Waals surface area contributed by atoms with Crippen molar-refractivity contribution in [2.45, 2.75) is 25.7 Å². The zero-order valence-electron chi connectivity index (χ0n) is 10.6. The van der Waals surface area contributed by atoms with Gasteiger partial charge >= 0.3 is 5.97 Å². The number of fused-ring (bicyclic) bond motifs is 1. The van der Waals surface area contributed by atoms with Crippen LogP contribution in [0.25, 0.3) is 16.5 Å². The second-order valence-electron chi connectivity index (χ2n) is 4.87. The highest BCUT2D eigenvalue weighted by atomic mass is 16.4. The minimum absolute atomic E-state index is 0.318. The molecule has 0 saturated heterocycles. The maximum absolute atomic E-state index is 11.1. The first-order valence-corrected chi connectivity index (χ1v) is 6.57. The number of rotatable bonds is 2. The van der Waals surface area contributed by atoms with Crippen molar-refractivity contribution in [3.05, 3.63) is 47.7 Å². The van der Waals surface area contributed by atoms with Gasteiger partial charge in [0.15, 0.2) is 0 Å². The highest BCUT2D eigenvalue weighted by Crippen LogP contribution is 2.31. The summed E-state index contributed by atoms with van der Waals surface area (Å²) in [7, 11) is 0. The Hall–Kier alpha value is -2.16. The van der Waals surface area contributed by atoms with Crippen LogP contribution in [-0.2, 0) is 0 Å². The number of carboxylic acids is 1. The molecule has 1 N–H and O–H groups in total. The summed E-state index contributed by atoms with van der Waals surface area (Å²) < 4.78 is 0. The Morgan fingerprint density at radius 1 is 1.21 bits per heavy atom. The number of aromatic nitrogens is 1. The summed E-state index contributed by atoms with van der Waals surface area (Å²) >= 11 is 0. The molecule has 3 heteroatoms. The molecular formula is C16H15NO2. The summed E-state index contributed by atoms with van der Waals surface area (Å²) in [5, 5.41) is 10.1. The van der Waals surface area contributed by atoms with Gasteiger partial charge in [0.2, 0.25) is 0 Å². The second-order valence-corrected chi connectivity index (χ2v) is 4.87. The van der Waals surface area contributed by atoms with Gasteiger partial charge in [-0.15, -0.1) is 0 Å². The quantitative estimate of drug-likeness (QED) is 0.883. The van der Waals surface area contributed by atoms with Crippen molar-refractivity contribution in [2.75, 3.05) is 0 Å². The minimum atomic E-state index is -0.894. The van der Waals surface area contributed by atoms with Crippen LogP contribution in [0.2, 0.25) is 0 Å².